The van der Waals surface area contributed by atoms with Gasteiger partial charge in [-0.1, -0.05) is 6.92 Å². The molecule has 0 saturated heterocycles. The Bertz CT molecular complexity index is 445. The Labute approximate surface area is 118 Å². The van der Waals surface area contributed by atoms with Crippen molar-refractivity contribution in [2.75, 3.05) is 39.2 Å². The molecule has 110 valence electrons. The smallest absolute Gasteiger partial charge is 0.319 e. The summed E-state index contributed by atoms with van der Waals surface area (Å²) in [6, 6.07) is 7.05. The number of benzene rings is 1. The lowest BCUT2D eigenvalue weighted by Gasteiger charge is -2.18. The molecule has 0 aliphatic carbocycles. The van der Waals surface area contributed by atoms with Gasteiger partial charge in [0.1, 0.15) is 5.75 Å². The third kappa shape index (κ3) is 5.27. The second kappa shape index (κ2) is 8.16. The van der Waals surface area contributed by atoms with Gasteiger partial charge in [0.05, 0.1) is 27.3 Å². The summed E-state index contributed by atoms with van der Waals surface area (Å²) in [6.45, 7) is 2.70. The lowest BCUT2D eigenvalue weighted by molar-refractivity contribution is -0.142. The zero-order valence-corrected chi connectivity index (χ0v) is 12.0. The predicted octanol–water partition coefficient (Wildman–Crippen LogP) is 1.13. The molecule has 20 heavy (non-hydrogen) atoms. The number of carbonyl (C=O) groups excluding carboxylic acids is 2. The highest BCUT2D eigenvalue weighted by Crippen LogP contribution is 2.14. The number of methoxy groups -OCH3 is 2. The van der Waals surface area contributed by atoms with E-state index in [4.69, 9.17) is 4.74 Å². The molecule has 1 aromatic rings. The summed E-state index contributed by atoms with van der Waals surface area (Å²) >= 11 is 0. The van der Waals surface area contributed by atoms with Gasteiger partial charge in [0.25, 0.3) is 0 Å². The van der Waals surface area contributed by atoms with Crippen LogP contribution in [0.5, 0.6) is 5.75 Å². The first-order valence-electron chi connectivity index (χ1n) is 6.32. The van der Waals surface area contributed by atoms with Crippen molar-refractivity contribution < 1.29 is 19.1 Å². The molecule has 0 bridgehead atoms. The van der Waals surface area contributed by atoms with Crippen LogP contribution >= 0.6 is 0 Å². The van der Waals surface area contributed by atoms with Crippen LogP contribution in [0, 0.1) is 0 Å². The van der Waals surface area contributed by atoms with Crippen molar-refractivity contribution in [1.82, 2.24) is 4.90 Å². The average Bonchev–Trinajstić information content (AvgIpc) is 2.47. The van der Waals surface area contributed by atoms with Gasteiger partial charge in [-0.3, -0.25) is 14.5 Å². The number of carbonyl (C=O) groups is 2. The highest BCUT2D eigenvalue weighted by Gasteiger charge is 2.13. The number of ether oxygens (including phenoxy) is 2. The van der Waals surface area contributed by atoms with Gasteiger partial charge in [0.15, 0.2) is 0 Å². The highest BCUT2D eigenvalue weighted by molar-refractivity contribution is 5.92. The SMILES string of the molecule is CCN(CC(=O)Nc1ccc(OC)cc1)CC(=O)OC. The summed E-state index contributed by atoms with van der Waals surface area (Å²) in [5, 5.41) is 2.76. The van der Waals surface area contributed by atoms with Crippen LogP contribution in [0.3, 0.4) is 0 Å². The number of rotatable bonds is 7. The van der Waals surface area contributed by atoms with E-state index in [0.29, 0.717) is 12.2 Å². The fourth-order valence-corrected chi connectivity index (χ4v) is 1.60. The standard InChI is InChI=1S/C14H20N2O4/c1-4-16(10-14(18)20-3)9-13(17)15-11-5-7-12(19-2)8-6-11/h5-8H,4,9-10H2,1-3H3,(H,15,17). The quantitative estimate of drug-likeness (QED) is 0.758. The number of anilines is 1. The van der Waals surface area contributed by atoms with Gasteiger partial charge >= 0.3 is 5.97 Å². The molecule has 0 aliphatic heterocycles. The van der Waals surface area contributed by atoms with Crippen molar-refractivity contribution in [2.24, 2.45) is 0 Å². The largest absolute Gasteiger partial charge is 0.497 e. The Morgan fingerprint density at radius 3 is 2.30 bits per heavy atom. The van der Waals surface area contributed by atoms with Crippen LogP contribution in [0.25, 0.3) is 0 Å². The number of likely N-dealkylation sites (N-methyl/N-ethyl adjacent to an activating group) is 1. The van der Waals surface area contributed by atoms with Crippen molar-refractivity contribution in [3.8, 4) is 5.75 Å². The maximum Gasteiger partial charge on any atom is 0.319 e. The molecule has 0 atom stereocenters. The van der Waals surface area contributed by atoms with Crippen molar-refractivity contribution in [2.45, 2.75) is 6.92 Å². The van der Waals surface area contributed by atoms with Gasteiger partial charge in [0.2, 0.25) is 5.91 Å². The third-order valence-corrected chi connectivity index (χ3v) is 2.77. The molecule has 0 radical (unpaired) electrons. The molecule has 0 fully saturated rings. The number of hydrogen-bond acceptors (Lipinski definition) is 5. The summed E-state index contributed by atoms with van der Waals surface area (Å²) in [5.74, 6) is 0.189. The summed E-state index contributed by atoms with van der Waals surface area (Å²) in [6.07, 6.45) is 0. The predicted molar refractivity (Wildman–Crippen MR) is 75.8 cm³/mol. The lowest BCUT2D eigenvalue weighted by atomic mass is 10.3. The second-order valence-corrected chi connectivity index (χ2v) is 4.16. The fraction of sp³-hybridized carbons (Fsp3) is 0.429. The zero-order chi connectivity index (χ0) is 15.0. The molecule has 0 aromatic heterocycles. The monoisotopic (exact) mass is 280 g/mol. The van der Waals surface area contributed by atoms with Crippen molar-refractivity contribution in [1.29, 1.82) is 0 Å². The Balaban J connectivity index is 2.50. The van der Waals surface area contributed by atoms with E-state index < -0.39 is 0 Å². The number of amides is 1. The number of hydrogen-bond donors (Lipinski definition) is 1. The molecule has 1 aromatic carbocycles. The van der Waals surface area contributed by atoms with Crippen LogP contribution in [-0.2, 0) is 14.3 Å². The normalized spacial score (nSPS) is 10.2. The number of nitrogens with zero attached hydrogens (tertiary/aromatic N) is 1. The molecule has 0 spiro atoms. The van der Waals surface area contributed by atoms with Crippen LogP contribution in [0.4, 0.5) is 5.69 Å². The van der Waals surface area contributed by atoms with Gasteiger partial charge in [0, 0.05) is 5.69 Å². The first kappa shape index (κ1) is 16.0. The van der Waals surface area contributed by atoms with Crippen LogP contribution in [0.15, 0.2) is 24.3 Å². The maximum atomic E-state index is 11.9. The first-order chi connectivity index (χ1) is 9.58. The molecule has 0 aliphatic rings. The topological polar surface area (TPSA) is 67.9 Å². The molecule has 0 saturated carbocycles. The minimum absolute atomic E-state index is 0.100. The van der Waals surface area contributed by atoms with E-state index in [9.17, 15) is 9.59 Å². The fourth-order valence-electron chi connectivity index (χ4n) is 1.60. The van der Waals surface area contributed by atoms with Crippen LogP contribution in [-0.4, -0.2) is 50.6 Å². The Hall–Kier alpha value is -2.08. The van der Waals surface area contributed by atoms with Gasteiger partial charge in [-0.05, 0) is 30.8 Å². The van der Waals surface area contributed by atoms with Crippen LogP contribution in [0.1, 0.15) is 6.92 Å². The van der Waals surface area contributed by atoms with Gasteiger partial charge in [-0.2, -0.15) is 0 Å². The molecular formula is C14H20N2O4. The molecule has 1 amide bonds. The van der Waals surface area contributed by atoms with E-state index in [1.54, 1.807) is 36.3 Å². The van der Waals surface area contributed by atoms with Gasteiger partial charge < -0.3 is 14.8 Å². The van der Waals surface area contributed by atoms with Crippen LogP contribution < -0.4 is 10.1 Å². The molecule has 0 unspecified atom stereocenters. The molecule has 0 heterocycles. The van der Waals surface area contributed by atoms with E-state index in [1.807, 2.05) is 6.92 Å². The van der Waals surface area contributed by atoms with Crippen LogP contribution in [0.2, 0.25) is 0 Å². The second-order valence-electron chi connectivity index (χ2n) is 4.16. The highest BCUT2D eigenvalue weighted by atomic mass is 16.5. The van der Waals surface area contributed by atoms with E-state index in [-0.39, 0.29) is 25.0 Å². The summed E-state index contributed by atoms with van der Waals surface area (Å²) in [4.78, 5) is 24.8. The average molecular weight is 280 g/mol. The Kier molecular flexibility index (Phi) is 6.52. The maximum absolute atomic E-state index is 11.9. The molecule has 6 nitrogen and oxygen atoms in total. The molecule has 1 rings (SSSR count). The van der Waals surface area contributed by atoms with E-state index >= 15 is 0 Å². The van der Waals surface area contributed by atoms with Crippen molar-refractivity contribution in [3.63, 3.8) is 0 Å². The Morgan fingerprint density at radius 1 is 1.15 bits per heavy atom. The minimum Gasteiger partial charge on any atom is -0.497 e. The van der Waals surface area contributed by atoms with E-state index in [0.717, 1.165) is 5.75 Å². The summed E-state index contributed by atoms with van der Waals surface area (Å²) < 4.78 is 9.62. The van der Waals surface area contributed by atoms with Crippen molar-refractivity contribution >= 4 is 17.6 Å². The molecular weight excluding hydrogens is 260 g/mol. The van der Waals surface area contributed by atoms with Gasteiger partial charge in [-0.25, -0.2) is 0 Å². The third-order valence-electron chi connectivity index (χ3n) is 2.77. The first-order valence-corrected chi connectivity index (χ1v) is 6.32. The Morgan fingerprint density at radius 2 is 1.80 bits per heavy atom. The number of nitrogens with one attached hydrogen (secondary N) is 1. The minimum atomic E-state index is -0.357. The number of esters is 1. The zero-order valence-electron chi connectivity index (χ0n) is 12.0. The molecule has 6 heteroatoms. The lowest BCUT2D eigenvalue weighted by Crippen LogP contribution is -2.37. The van der Waals surface area contributed by atoms with Crippen molar-refractivity contribution in [3.05, 3.63) is 24.3 Å². The summed E-state index contributed by atoms with van der Waals surface area (Å²) in [5.41, 5.74) is 0.685. The van der Waals surface area contributed by atoms with E-state index in [1.165, 1.54) is 7.11 Å². The molecule has 1 N–H and O–H groups in total. The summed E-state index contributed by atoms with van der Waals surface area (Å²) in [7, 11) is 2.91. The van der Waals surface area contributed by atoms with E-state index in [2.05, 4.69) is 10.1 Å². The van der Waals surface area contributed by atoms with Gasteiger partial charge in [-0.15, -0.1) is 0 Å².